The van der Waals surface area contributed by atoms with Crippen molar-refractivity contribution in [3.63, 3.8) is 0 Å². The van der Waals surface area contributed by atoms with Gasteiger partial charge in [-0.2, -0.15) is 0 Å². The van der Waals surface area contributed by atoms with E-state index in [0.29, 0.717) is 19.6 Å². The average Bonchev–Trinajstić information content (AvgIpc) is 2.29. The van der Waals surface area contributed by atoms with Crippen LogP contribution in [-0.4, -0.2) is 25.2 Å². The first-order valence-electron chi connectivity index (χ1n) is 7.07. The highest BCUT2D eigenvalue weighted by molar-refractivity contribution is 5.94. The molecule has 0 bridgehead atoms. The van der Waals surface area contributed by atoms with E-state index in [9.17, 15) is 9.59 Å². The SMILES string of the molecule is CC(C)COC(=O)C(CC(C)C)C(=O)OCC(C)C. The zero-order valence-corrected chi connectivity index (χ0v) is 13.1. The largest absolute Gasteiger partial charge is 0.465 e. The van der Waals surface area contributed by atoms with Gasteiger partial charge >= 0.3 is 11.9 Å². The van der Waals surface area contributed by atoms with Gasteiger partial charge in [0.25, 0.3) is 0 Å². The molecule has 0 amide bonds. The van der Waals surface area contributed by atoms with Gasteiger partial charge < -0.3 is 9.47 Å². The van der Waals surface area contributed by atoms with E-state index >= 15 is 0 Å². The van der Waals surface area contributed by atoms with Crippen molar-refractivity contribution in [2.75, 3.05) is 13.2 Å². The molecule has 0 spiro atoms. The Bertz CT molecular complexity index is 258. The Labute approximate surface area is 116 Å². The van der Waals surface area contributed by atoms with Crippen LogP contribution in [0.5, 0.6) is 0 Å². The predicted molar refractivity (Wildman–Crippen MR) is 74.5 cm³/mol. The molecule has 0 aliphatic rings. The molecule has 0 fully saturated rings. The van der Waals surface area contributed by atoms with Crippen LogP contribution in [0.25, 0.3) is 0 Å². The zero-order valence-electron chi connectivity index (χ0n) is 13.1. The second kappa shape index (κ2) is 8.94. The van der Waals surface area contributed by atoms with Crippen molar-refractivity contribution in [2.45, 2.75) is 48.0 Å². The Morgan fingerprint density at radius 3 is 1.37 bits per heavy atom. The van der Waals surface area contributed by atoms with Gasteiger partial charge in [-0.05, 0) is 24.2 Å². The van der Waals surface area contributed by atoms with Crippen LogP contribution in [-0.2, 0) is 19.1 Å². The quantitative estimate of drug-likeness (QED) is 0.503. The Kier molecular flexibility index (Phi) is 8.44. The standard InChI is InChI=1S/C15H28O4/c1-10(2)7-13(14(16)18-8-11(3)4)15(17)19-9-12(5)6/h10-13H,7-9H2,1-6H3. The van der Waals surface area contributed by atoms with E-state index in [4.69, 9.17) is 9.47 Å². The van der Waals surface area contributed by atoms with E-state index in [-0.39, 0.29) is 17.8 Å². The Hall–Kier alpha value is -1.06. The summed E-state index contributed by atoms with van der Waals surface area (Å²) in [4.78, 5) is 23.9. The molecule has 0 radical (unpaired) electrons. The lowest BCUT2D eigenvalue weighted by Crippen LogP contribution is -2.31. The van der Waals surface area contributed by atoms with Crippen molar-refractivity contribution < 1.29 is 19.1 Å². The fourth-order valence-corrected chi connectivity index (χ4v) is 1.46. The summed E-state index contributed by atoms with van der Waals surface area (Å²) in [7, 11) is 0. The lowest BCUT2D eigenvalue weighted by atomic mass is 9.97. The van der Waals surface area contributed by atoms with Crippen molar-refractivity contribution in [1.82, 2.24) is 0 Å². The first-order chi connectivity index (χ1) is 8.73. The molecule has 4 heteroatoms. The minimum Gasteiger partial charge on any atom is -0.465 e. The third-order valence-electron chi connectivity index (χ3n) is 2.39. The predicted octanol–water partition coefficient (Wildman–Crippen LogP) is 3.05. The van der Waals surface area contributed by atoms with Crippen molar-refractivity contribution in [3.8, 4) is 0 Å². The van der Waals surface area contributed by atoms with E-state index < -0.39 is 17.9 Å². The molecule has 0 saturated heterocycles. The van der Waals surface area contributed by atoms with Gasteiger partial charge in [-0.25, -0.2) is 0 Å². The van der Waals surface area contributed by atoms with Gasteiger partial charge in [-0.3, -0.25) is 9.59 Å². The number of hydrogen-bond acceptors (Lipinski definition) is 4. The Balaban J connectivity index is 4.51. The first-order valence-corrected chi connectivity index (χ1v) is 7.07. The monoisotopic (exact) mass is 272 g/mol. The normalized spacial score (nSPS) is 11.5. The highest BCUT2D eigenvalue weighted by atomic mass is 16.6. The van der Waals surface area contributed by atoms with Crippen LogP contribution in [0.1, 0.15) is 48.0 Å². The summed E-state index contributed by atoms with van der Waals surface area (Å²) in [6, 6.07) is 0. The number of carbonyl (C=O) groups is 2. The molecule has 0 aromatic rings. The maximum absolute atomic E-state index is 11.9. The molecular formula is C15H28O4. The molecule has 0 saturated carbocycles. The van der Waals surface area contributed by atoms with Crippen molar-refractivity contribution in [1.29, 1.82) is 0 Å². The molecule has 0 aromatic heterocycles. The van der Waals surface area contributed by atoms with E-state index in [1.807, 2.05) is 41.5 Å². The second-order valence-electron chi connectivity index (χ2n) is 6.23. The first kappa shape index (κ1) is 17.9. The van der Waals surface area contributed by atoms with Gasteiger partial charge in [-0.1, -0.05) is 41.5 Å². The molecular weight excluding hydrogens is 244 g/mol. The third-order valence-corrected chi connectivity index (χ3v) is 2.39. The molecule has 0 N–H and O–H groups in total. The highest BCUT2D eigenvalue weighted by Gasteiger charge is 2.30. The molecule has 0 atom stereocenters. The number of rotatable bonds is 8. The van der Waals surface area contributed by atoms with Gasteiger partial charge in [0.2, 0.25) is 0 Å². The average molecular weight is 272 g/mol. The van der Waals surface area contributed by atoms with E-state index in [2.05, 4.69) is 0 Å². The Morgan fingerprint density at radius 1 is 0.737 bits per heavy atom. The highest BCUT2D eigenvalue weighted by Crippen LogP contribution is 2.16. The summed E-state index contributed by atoms with van der Waals surface area (Å²) in [5.41, 5.74) is 0. The fraction of sp³-hybridized carbons (Fsp3) is 0.867. The summed E-state index contributed by atoms with van der Waals surface area (Å²) in [5, 5.41) is 0. The van der Waals surface area contributed by atoms with Crippen molar-refractivity contribution in [3.05, 3.63) is 0 Å². The van der Waals surface area contributed by atoms with Crippen LogP contribution in [0.4, 0.5) is 0 Å². The molecule has 0 unspecified atom stereocenters. The van der Waals surface area contributed by atoms with Gasteiger partial charge in [0.15, 0.2) is 5.92 Å². The van der Waals surface area contributed by atoms with Gasteiger partial charge in [0.1, 0.15) is 0 Å². The van der Waals surface area contributed by atoms with E-state index in [1.54, 1.807) is 0 Å². The molecule has 0 aromatic carbocycles. The van der Waals surface area contributed by atoms with Crippen LogP contribution in [0, 0.1) is 23.7 Å². The van der Waals surface area contributed by atoms with Crippen LogP contribution in [0.2, 0.25) is 0 Å². The van der Waals surface area contributed by atoms with Crippen LogP contribution in [0.3, 0.4) is 0 Å². The topological polar surface area (TPSA) is 52.6 Å². The molecule has 0 aliphatic heterocycles. The van der Waals surface area contributed by atoms with Crippen LogP contribution in [0.15, 0.2) is 0 Å². The molecule has 4 nitrogen and oxygen atoms in total. The van der Waals surface area contributed by atoms with Crippen LogP contribution < -0.4 is 0 Å². The smallest absolute Gasteiger partial charge is 0.320 e. The van der Waals surface area contributed by atoms with Gasteiger partial charge in [0.05, 0.1) is 13.2 Å². The summed E-state index contributed by atoms with van der Waals surface area (Å²) in [6.07, 6.45) is 0.466. The van der Waals surface area contributed by atoms with Gasteiger partial charge in [0, 0.05) is 0 Å². The van der Waals surface area contributed by atoms with Gasteiger partial charge in [-0.15, -0.1) is 0 Å². The van der Waals surface area contributed by atoms with Crippen LogP contribution >= 0.6 is 0 Å². The van der Waals surface area contributed by atoms with E-state index in [1.165, 1.54) is 0 Å². The van der Waals surface area contributed by atoms with Crippen molar-refractivity contribution in [2.24, 2.45) is 23.7 Å². The summed E-state index contributed by atoms with van der Waals surface area (Å²) >= 11 is 0. The lowest BCUT2D eigenvalue weighted by molar-refractivity contribution is -0.164. The minimum atomic E-state index is -0.794. The maximum Gasteiger partial charge on any atom is 0.320 e. The summed E-state index contributed by atoms with van der Waals surface area (Å²) in [5.74, 6) is -0.960. The maximum atomic E-state index is 11.9. The molecule has 19 heavy (non-hydrogen) atoms. The zero-order chi connectivity index (χ0) is 15.0. The Morgan fingerprint density at radius 2 is 1.11 bits per heavy atom. The number of esters is 2. The summed E-state index contributed by atoms with van der Waals surface area (Å²) < 4.78 is 10.3. The van der Waals surface area contributed by atoms with E-state index in [0.717, 1.165) is 0 Å². The molecule has 112 valence electrons. The third kappa shape index (κ3) is 8.62. The summed E-state index contributed by atoms with van der Waals surface area (Å²) in [6.45, 7) is 12.5. The number of ether oxygens (including phenoxy) is 2. The number of carbonyl (C=O) groups excluding carboxylic acids is 2. The molecule has 0 aliphatic carbocycles. The molecule has 0 heterocycles. The molecule has 0 rings (SSSR count). The minimum absolute atomic E-state index is 0.239. The fourth-order valence-electron chi connectivity index (χ4n) is 1.46. The number of hydrogen-bond donors (Lipinski definition) is 0. The lowest BCUT2D eigenvalue weighted by Gasteiger charge is -2.18. The second-order valence-corrected chi connectivity index (χ2v) is 6.23. The van der Waals surface area contributed by atoms with Crippen molar-refractivity contribution >= 4 is 11.9 Å².